The van der Waals surface area contributed by atoms with E-state index in [0.29, 0.717) is 5.69 Å². The maximum atomic E-state index is 12.8. The van der Waals surface area contributed by atoms with Crippen LogP contribution in [0.25, 0.3) is 10.9 Å². The minimum Gasteiger partial charge on any atom is -0.334 e. The molecule has 3 rings (SSSR count). The van der Waals surface area contributed by atoms with Crippen molar-refractivity contribution < 1.29 is 14.0 Å². The van der Waals surface area contributed by atoms with Crippen LogP contribution in [0.2, 0.25) is 0 Å². The molecule has 6 nitrogen and oxygen atoms in total. The second kappa shape index (κ2) is 8.06. The normalized spacial score (nSPS) is 10.3. The highest BCUT2D eigenvalue weighted by molar-refractivity contribution is 5.95. The molecule has 132 valence electrons. The van der Waals surface area contributed by atoms with Crippen LogP contribution < -0.4 is 16.0 Å². The molecule has 0 saturated heterocycles. The Morgan fingerprint density at radius 1 is 1.00 bits per heavy atom. The third kappa shape index (κ3) is 4.76. The monoisotopic (exact) mass is 352 g/mol. The van der Waals surface area contributed by atoms with E-state index < -0.39 is 6.03 Å². The molecule has 0 aliphatic carbocycles. The Morgan fingerprint density at radius 3 is 2.58 bits per heavy atom. The third-order valence-electron chi connectivity index (χ3n) is 3.65. The van der Waals surface area contributed by atoms with E-state index in [-0.39, 0.29) is 24.8 Å². The molecular formula is C19H17FN4O2. The molecule has 0 bridgehead atoms. The first-order valence-electron chi connectivity index (χ1n) is 8.01. The van der Waals surface area contributed by atoms with Crippen LogP contribution in [0.1, 0.15) is 5.56 Å². The molecule has 0 fully saturated rings. The summed E-state index contributed by atoms with van der Waals surface area (Å²) in [5.41, 5.74) is 2.15. The number of hydrogen-bond acceptors (Lipinski definition) is 3. The van der Waals surface area contributed by atoms with Gasteiger partial charge in [-0.2, -0.15) is 0 Å². The van der Waals surface area contributed by atoms with E-state index in [4.69, 9.17) is 0 Å². The Bertz CT molecular complexity index is 928. The number of urea groups is 1. The van der Waals surface area contributed by atoms with Gasteiger partial charge in [-0.25, -0.2) is 9.18 Å². The number of fused-ring (bicyclic) bond motifs is 1. The number of hydrogen-bond donors (Lipinski definition) is 3. The lowest BCUT2D eigenvalue weighted by atomic mass is 10.2. The summed E-state index contributed by atoms with van der Waals surface area (Å²) in [4.78, 5) is 27.9. The van der Waals surface area contributed by atoms with E-state index in [2.05, 4.69) is 20.9 Å². The molecular weight excluding hydrogens is 335 g/mol. The number of para-hydroxylation sites is 1. The largest absolute Gasteiger partial charge is 0.334 e. The Hall–Kier alpha value is -3.48. The molecule has 3 amide bonds. The lowest BCUT2D eigenvalue weighted by molar-refractivity contribution is -0.115. The first-order chi connectivity index (χ1) is 12.6. The highest BCUT2D eigenvalue weighted by Gasteiger charge is 2.06. The van der Waals surface area contributed by atoms with Gasteiger partial charge in [-0.1, -0.05) is 30.3 Å². The van der Waals surface area contributed by atoms with Gasteiger partial charge in [0.25, 0.3) is 0 Å². The number of carbonyl (C=O) groups excluding carboxylic acids is 2. The van der Waals surface area contributed by atoms with Gasteiger partial charge in [-0.15, -0.1) is 0 Å². The number of benzene rings is 2. The minimum absolute atomic E-state index is 0.178. The number of pyridine rings is 1. The van der Waals surface area contributed by atoms with Crippen molar-refractivity contribution in [1.82, 2.24) is 15.6 Å². The van der Waals surface area contributed by atoms with E-state index >= 15 is 0 Å². The second-order valence-corrected chi connectivity index (χ2v) is 5.63. The van der Waals surface area contributed by atoms with Crippen molar-refractivity contribution in [3.8, 4) is 0 Å². The van der Waals surface area contributed by atoms with E-state index in [1.807, 2.05) is 30.3 Å². The number of rotatable bonds is 5. The molecule has 7 heteroatoms. The van der Waals surface area contributed by atoms with E-state index in [1.54, 1.807) is 18.3 Å². The number of anilines is 1. The van der Waals surface area contributed by atoms with Crippen LogP contribution >= 0.6 is 0 Å². The van der Waals surface area contributed by atoms with Gasteiger partial charge in [0.05, 0.1) is 23.9 Å². The lowest BCUT2D eigenvalue weighted by Crippen LogP contribution is -2.39. The Kier molecular flexibility index (Phi) is 5.38. The summed E-state index contributed by atoms with van der Waals surface area (Å²) in [7, 11) is 0. The van der Waals surface area contributed by atoms with Crippen molar-refractivity contribution in [1.29, 1.82) is 0 Å². The zero-order valence-corrected chi connectivity index (χ0v) is 13.8. The van der Waals surface area contributed by atoms with Gasteiger partial charge >= 0.3 is 6.03 Å². The average molecular weight is 352 g/mol. The molecule has 26 heavy (non-hydrogen) atoms. The number of nitrogens with one attached hydrogen (secondary N) is 3. The standard InChI is InChI=1S/C19H17FN4O2/c20-15-7-5-13(6-8-15)10-22-19(26)23-12-18(25)24-16-9-14-3-1-2-4-17(14)21-11-16/h1-9,11H,10,12H2,(H,24,25)(H2,22,23,26). The number of nitrogens with zero attached hydrogens (tertiary/aromatic N) is 1. The van der Waals surface area contributed by atoms with Crippen molar-refractivity contribution in [3.63, 3.8) is 0 Å². The van der Waals surface area contributed by atoms with Crippen molar-refractivity contribution in [2.75, 3.05) is 11.9 Å². The second-order valence-electron chi connectivity index (χ2n) is 5.63. The number of halogens is 1. The molecule has 0 unspecified atom stereocenters. The van der Waals surface area contributed by atoms with Gasteiger partial charge in [0.2, 0.25) is 5.91 Å². The highest BCUT2D eigenvalue weighted by atomic mass is 19.1. The smallest absolute Gasteiger partial charge is 0.315 e. The summed E-state index contributed by atoms with van der Waals surface area (Å²) in [5, 5.41) is 8.66. The van der Waals surface area contributed by atoms with Gasteiger partial charge in [0, 0.05) is 11.9 Å². The highest BCUT2D eigenvalue weighted by Crippen LogP contribution is 2.15. The third-order valence-corrected chi connectivity index (χ3v) is 3.65. The van der Waals surface area contributed by atoms with Crippen LogP contribution in [0.4, 0.5) is 14.9 Å². The van der Waals surface area contributed by atoms with Crippen LogP contribution in [-0.2, 0) is 11.3 Å². The minimum atomic E-state index is -0.485. The predicted molar refractivity (Wildman–Crippen MR) is 97.0 cm³/mol. The van der Waals surface area contributed by atoms with Crippen LogP contribution in [0.5, 0.6) is 0 Å². The van der Waals surface area contributed by atoms with Crippen molar-refractivity contribution >= 4 is 28.5 Å². The molecule has 1 aromatic heterocycles. The van der Waals surface area contributed by atoms with Gasteiger partial charge in [-0.3, -0.25) is 9.78 Å². The molecule has 0 atom stereocenters. The molecule has 0 spiro atoms. The summed E-state index contributed by atoms with van der Waals surface area (Å²) in [6.45, 7) is 0.0599. The fraction of sp³-hybridized carbons (Fsp3) is 0.105. The van der Waals surface area contributed by atoms with Gasteiger partial charge in [0.1, 0.15) is 5.82 Å². The zero-order chi connectivity index (χ0) is 18.4. The van der Waals surface area contributed by atoms with Crippen LogP contribution in [0, 0.1) is 5.82 Å². The van der Waals surface area contributed by atoms with Crippen LogP contribution in [0.15, 0.2) is 60.8 Å². The van der Waals surface area contributed by atoms with Crippen LogP contribution in [0.3, 0.4) is 0 Å². The summed E-state index contributed by atoms with van der Waals surface area (Å²) in [5.74, 6) is -0.697. The van der Waals surface area contributed by atoms with Crippen molar-refractivity contribution in [2.45, 2.75) is 6.54 Å². The summed E-state index contributed by atoms with van der Waals surface area (Å²) in [6, 6.07) is 14.7. The number of amides is 3. The lowest BCUT2D eigenvalue weighted by Gasteiger charge is -2.09. The summed E-state index contributed by atoms with van der Waals surface area (Å²) in [6.07, 6.45) is 1.56. The maximum Gasteiger partial charge on any atom is 0.315 e. The first-order valence-corrected chi connectivity index (χ1v) is 8.01. The molecule has 3 N–H and O–H groups in total. The SMILES string of the molecule is O=C(CNC(=O)NCc1ccc(F)cc1)Nc1cnc2ccccc2c1. The maximum absolute atomic E-state index is 12.8. The Labute approximate surface area is 149 Å². The molecule has 0 saturated carbocycles. The van der Waals surface area contributed by atoms with E-state index in [9.17, 15) is 14.0 Å². The van der Waals surface area contributed by atoms with Crippen molar-refractivity contribution in [3.05, 3.63) is 72.2 Å². The quantitative estimate of drug-likeness (QED) is 0.660. The first kappa shape index (κ1) is 17.3. The predicted octanol–water partition coefficient (Wildman–Crippen LogP) is 2.81. The van der Waals surface area contributed by atoms with Crippen molar-refractivity contribution in [2.24, 2.45) is 0 Å². The van der Waals surface area contributed by atoms with Crippen LogP contribution in [-0.4, -0.2) is 23.5 Å². The van der Waals surface area contributed by atoms with Gasteiger partial charge in [-0.05, 0) is 29.8 Å². The molecule has 2 aromatic carbocycles. The Morgan fingerprint density at radius 2 is 1.77 bits per heavy atom. The molecule has 1 heterocycles. The number of aromatic nitrogens is 1. The zero-order valence-electron chi connectivity index (χ0n) is 13.8. The topological polar surface area (TPSA) is 83.1 Å². The van der Waals surface area contributed by atoms with E-state index in [1.165, 1.54) is 12.1 Å². The fourth-order valence-electron chi connectivity index (χ4n) is 2.35. The average Bonchev–Trinajstić information content (AvgIpc) is 2.66. The molecule has 0 aliphatic heterocycles. The number of carbonyl (C=O) groups is 2. The fourth-order valence-corrected chi connectivity index (χ4v) is 2.35. The Balaban J connectivity index is 1.45. The van der Waals surface area contributed by atoms with Gasteiger partial charge < -0.3 is 16.0 Å². The van der Waals surface area contributed by atoms with Gasteiger partial charge in [0.15, 0.2) is 0 Å². The summed E-state index contributed by atoms with van der Waals surface area (Å²) < 4.78 is 12.8. The summed E-state index contributed by atoms with van der Waals surface area (Å²) >= 11 is 0. The molecule has 3 aromatic rings. The molecule has 0 aliphatic rings. The molecule has 0 radical (unpaired) electrons. The van der Waals surface area contributed by atoms with E-state index in [0.717, 1.165) is 16.5 Å².